The predicted octanol–water partition coefficient (Wildman–Crippen LogP) is 3.35. The number of hydrogen-bond acceptors (Lipinski definition) is 3. The van der Waals surface area contributed by atoms with Gasteiger partial charge < -0.3 is 15.5 Å². The predicted molar refractivity (Wildman–Crippen MR) is 106 cm³/mol. The van der Waals surface area contributed by atoms with Crippen molar-refractivity contribution in [1.29, 1.82) is 0 Å². The number of fused-ring (bicyclic) bond motifs is 1. The number of nitrogens with zero attached hydrogens (tertiary/aromatic N) is 1. The molecule has 1 spiro atoms. The van der Waals surface area contributed by atoms with E-state index in [9.17, 15) is 9.59 Å². The molecule has 27 heavy (non-hydrogen) atoms. The van der Waals surface area contributed by atoms with Crippen molar-refractivity contribution in [2.45, 2.75) is 37.8 Å². The first-order valence-corrected chi connectivity index (χ1v) is 9.65. The van der Waals surface area contributed by atoms with Gasteiger partial charge in [-0.25, -0.2) is 0 Å². The molecule has 0 saturated carbocycles. The summed E-state index contributed by atoms with van der Waals surface area (Å²) in [6, 6.07) is 17.6. The van der Waals surface area contributed by atoms with Gasteiger partial charge in [0.15, 0.2) is 0 Å². The minimum absolute atomic E-state index is 0.0418. The zero-order valence-corrected chi connectivity index (χ0v) is 15.6. The van der Waals surface area contributed by atoms with Crippen LogP contribution in [0.1, 0.15) is 48.0 Å². The van der Waals surface area contributed by atoms with Crippen LogP contribution in [-0.2, 0) is 4.79 Å². The van der Waals surface area contributed by atoms with Crippen molar-refractivity contribution in [3.63, 3.8) is 0 Å². The molecule has 2 aromatic rings. The summed E-state index contributed by atoms with van der Waals surface area (Å²) in [6.45, 7) is 3.33. The summed E-state index contributed by atoms with van der Waals surface area (Å²) < 4.78 is 0. The van der Waals surface area contributed by atoms with Gasteiger partial charge in [-0.1, -0.05) is 49.4 Å². The van der Waals surface area contributed by atoms with Crippen LogP contribution in [0.3, 0.4) is 0 Å². The van der Waals surface area contributed by atoms with Gasteiger partial charge in [0.05, 0.1) is 11.5 Å². The second-order valence-electron chi connectivity index (χ2n) is 7.40. The molecule has 0 radical (unpaired) electrons. The van der Waals surface area contributed by atoms with E-state index in [0.717, 1.165) is 17.7 Å². The number of nitrogens with one attached hydrogen (secondary N) is 2. The highest BCUT2D eigenvalue weighted by Gasteiger charge is 2.41. The van der Waals surface area contributed by atoms with Crippen LogP contribution >= 0.6 is 0 Å². The second-order valence-corrected chi connectivity index (χ2v) is 7.40. The van der Waals surface area contributed by atoms with Crippen LogP contribution in [0, 0.1) is 0 Å². The molecule has 1 unspecified atom stereocenters. The van der Waals surface area contributed by atoms with Crippen molar-refractivity contribution in [2.75, 3.05) is 18.4 Å². The second kappa shape index (κ2) is 7.06. The molecular weight excluding hydrogens is 338 g/mol. The summed E-state index contributed by atoms with van der Waals surface area (Å²) in [5.41, 5.74) is 2.16. The van der Waals surface area contributed by atoms with Crippen LogP contribution in [0.15, 0.2) is 54.6 Å². The lowest BCUT2D eigenvalue weighted by molar-refractivity contribution is -0.134. The van der Waals surface area contributed by atoms with Gasteiger partial charge in [-0.15, -0.1) is 0 Å². The fraction of sp³-hybridized carbons (Fsp3) is 0.364. The lowest BCUT2D eigenvalue weighted by Gasteiger charge is -2.46. The molecule has 2 aliphatic rings. The first-order valence-electron chi connectivity index (χ1n) is 9.65. The third-order valence-electron chi connectivity index (χ3n) is 5.74. The van der Waals surface area contributed by atoms with Gasteiger partial charge in [0.1, 0.15) is 5.66 Å². The SMILES string of the molecule is CCC(C(=O)N1CCC2(CC1)NC(=O)c1ccccc1N2)c1ccccc1. The van der Waals surface area contributed by atoms with E-state index >= 15 is 0 Å². The Labute approximate surface area is 159 Å². The average molecular weight is 363 g/mol. The standard InChI is InChI=1S/C22H25N3O2/c1-2-17(16-8-4-3-5-9-16)21(27)25-14-12-22(13-15-25)23-19-11-7-6-10-18(19)20(26)24-22/h3-11,17,23H,2,12-15H2,1H3,(H,24,26). The number of anilines is 1. The lowest BCUT2D eigenvalue weighted by atomic mass is 9.90. The summed E-state index contributed by atoms with van der Waals surface area (Å²) in [5.74, 6) is 0.0378. The molecule has 4 rings (SSSR count). The zero-order valence-electron chi connectivity index (χ0n) is 15.6. The van der Waals surface area contributed by atoms with Crippen molar-refractivity contribution in [3.8, 4) is 0 Å². The molecule has 0 aliphatic carbocycles. The highest BCUT2D eigenvalue weighted by molar-refractivity contribution is 6.02. The molecule has 2 aliphatic heterocycles. The fourth-order valence-electron chi connectivity index (χ4n) is 4.18. The smallest absolute Gasteiger partial charge is 0.255 e. The Morgan fingerprint density at radius 1 is 1.04 bits per heavy atom. The minimum Gasteiger partial charge on any atom is -0.362 e. The van der Waals surface area contributed by atoms with Crippen LogP contribution < -0.4 is 10.6 Å². The largest absolute Gasteiger partial charge is 0.362 e. The molecule has 2 N–H and O–H groups in total. The van der Waals surface area contributed by atoms with E-state index in [2.05, 4.69) is 17.6 Å². The molecule has 140 valence electrons. The van der Waals surface area contributed by atoms with Crippen LogP contribution in [0.2, 0.25) is 0 Å². The number of likely N-dealkylation sites (tertiary alicyclic amines) is 1. The maximum Gasteiger partial charge on any atom is 0.255 e. The van der Waals surface area contributed by atoms with Gasteiger partial charge in [-0.3, -0.25) is 9.59 Å². The molecule has 2 amide bonds. The number of hydrogen-bond donors (Lipinski definition) is 2. The third-order valence-corrected chi connectivity index (χ3v) is 5.74. The van der Waals surface area contributed by atoms with Gasteiger partial charge in [0, 0.05) is 31.6 Å². The molecule has 0 bridgehead atoms. The molecule has 2 aromatic carbocycles. The van der Waals surface area contributed by atoms with Crippen LogP contribution in [0.25, 0.3) is 0 Å². The van der Waals surface area contributed by atoms with Crippen molar-refractivity contribution >= 4 is 17.5 Å². The first-order chi connectivity index (χ1) is 13.1. The topological polar surface area (TPSA) is 61.4 Å². The molecule has 1 saturated heterocycles. The van der Waals surface area contributed by atoms with Gasteiger partial charge in [0.2, 0.25) is 5.91 Å². The Kier molecular flexibility index (Phi) is 4.60. The van der Waals surface area contributed by atoms with E-state index in [4.69, 9.17) is 0 Å². The van der Waals surface area contributed by atoms with Crippen LogP contribution in [0.5, 0.6) is 0 Å². The van der Waals surface area contributed by atoms with Gasteiger partial charge >= 0.3 is 0 Å². The van der Waals surface area contributed by atoms with Gasteiger partial charge in [-0.2, -0.15) is 0 Å². The number of carbonyl (C=O) groups excluding carboxylic acids is 2. The van der Waals surface area contributed by atoms with E-state index in [1.54, 1.807) is 0 Å². The third kappa shape index (κ3) is 3.29. The Bertz CT molecular complexity index is 842. The van der Waals surface area contributed by atoms with E-state index in [1.807, 2.05) is 59.5 Å². The monoisotopic (exact) mass is 363 g/mol. The number of carbonyl (C=O) groups is 2. The zero-order chi connectivity index (χ0) is 18.9. The molecule has 5 heteroatoms. The molecule has 5 nitrogen and oxygen atoms in total. The Balaban J connectivity index is 1.46. The van der Waals surface area contributed by atoms with E-state index in [1.165, 1.54) is 0 Å². The van der Waals surface area contributed by atoms with Crippen LogP contribution in [0.4, 0.5) is 5.69 Å². The number of amides is 2. The maximum atomic E-state index is 13.1. The number of para-hydroxylation sites is 1. The highest BCUT2D eigenvalue weighted by Crippen LogP contribution is 2.32. The summed E-state index contributed by atoms with van der Waals surface area (Å²) in [7, 11) is 0. The summed E-state index contributed by atoms with van der Waals surface area (Å²) >= 11 is 0. The van der Waals surface area contributed by atoms with E-state index < -0.39 is 5.66 Å². The summed E-state index contributed by atoms with van der Waals surface area (Å²) in [5, 5.41) is 6.64. The molecule has 1 atom stereocenters. The quantitative estimate of drug-likeness (QED) is 0.879. The normalized spacial score (nSPS) is 19.0. The number of benzene rings is 2. The van der Waals surface area contributed by atoms with Gasteiger partial charge in [0.25, 0.3) is 5.91 Å². The first kappa shape index (κ1) is 17.6. The number of rotatable bonds is 3. The lowest BCUT2D eigenvalue weighted by Crippen LogP contribution is -2.63. The van der Waals surface area contributed by atoms with Crippen molar-refractivity contribution in [1.82, 2.24) is 10.2 Å². The van der Waals surface area contributed by atoms with E-state index in [-0.39, 0.29) is 17.7 Å². The Hall–Kier alpha value is -2.82. The van der Waals surface area contributed by atoms with Gasteiger partial charge in [-0.05, 0) is 24.1 Å². The van der Waals surface area contributed by atoms with Crippen molar-refractivity contribution in [3.05, 3.63) is 65.7 Å². The Morgan fingerprint density at radius 3 is 2.41 bits per heavy atom. The van der Waals surface area contributed by atoms with E-state index in [0.29, 0.717) is 31.5 Å². The van der Waals surface area contributed by atoms with Crippen molar-refractivity contribution in [2.24, 2.45) is 0 Å². The fourth-order valence-corrected chi connectivity index (χ4v) is 4.18. The summed E-state index contributed by atoms with van der Waals surface area (Å²) in [6.07, 6.45) is 2.18. The molecule has 1 fully saturated rings. The number of piperidine rings is 1. The highest BCUT2D eigenvalue weighted by atomic mass is 16.2. The Morgan fingerprint density at radius 2 is 1.70 bits per heavy atom. The molecular formula is C22H25N3O2. The molecule has 2 heterocycles. The molecule has 0 aromatic heterocycles. The summed E-state index contributed by atoms with van der Waals surface area (Å²) in [4.78, 5) is 27.5. The van der Waals surface area contributed by atoms with Crippen LogP contribution in [-0.4, -0.2) is 35.5 Å². The average Bonchev–Trinajstić information content (AvgIpc) is 2.70. The van der Waals surface area contributed by atoms with Crippen molar-refractivity contribution < 1.29 is 9.59 Å². The maximum absolute atomic E-state index is 13.1. The minimum atomic E-state index is -0.462.